The summed E-state index contributed by atoms with van der Waals surface area (Å²) in [5, 5.41) is 4.40. The number of hydrogen-bond acceptors (Lipinski definition) is 3. The first-order chi connectivity index (χ1) is 7.75. The Morgan fingerprint density at radius 1 is 1.38 bits per heavy atom. The molecule has 0 saturated carbocycles. The highest BCUT2D eigenvalue weighted by molar-refractivity contribution is 5.15. The number of hydrogen-bond donors (Lipinski definition) is 0. The van der Waals surface area contributed by atoms with Crippen LogP contribution in [0.3, 0.4) is 0 Å². The molecule has 4 heteroatoms. The van der Waals surface area contributed by atoms with Crippen molar-refractivity contribution in [2.24, 2.45) is 0 Å². The lowest BCUT2D eigenvalue weighted by molar-refractivity contribution is -0.0913. The average molecular weight is 221 g/mol. The molecule has 1 aromatic heterocycles. The number of nitrogens with zero attached hydrogens (tertiary/aromatic N) is 3. The van der Waals surface area contributed by atoms with E-state index in [4.69, 9.17) is 4.74 Å². The molecule has 0 unspecified atom stereocenters. The molecule has 2 fully saturated rings. The summed E-state index contributed by atoms with van der Waals surface area (Å²) in [5.41, 5.74) is 1.39. The summed E-state index contributed by atoms with van der Waals surface area (Å²) in [6.07, 6.45) is 1.92. The van der Waals surface area contributed by atoms with Crippen molar-refractivity contribution in [2.45, 2.75) is 31.8 Å². The molecule has 2 aliphatic heterocycles. The van der Waals surface area contributed by atoms with Crippen molar-refractivity contribution in [3.8, 4) is 0 Å². The fourth-order valence-electron chi connectivity index (χ4n) is 2.51. The third kappa shape index (κ3) is 1.57. The van der Waals surface area contributed by atoms with E-state index in [9.17, 15) is 0 Å². The molecule has 3 heterocycles. The van der Waals surface area contributed by atoms with Crippen LogP contribution in [-0.2, 0) is 4.74 Å². The van der Waals surface area contributed by atoms with Gasteiger partial charge in [0.15, 0.2) is 0 Å². The molecule has 0 spiro atoms. The molecule has 0 aliphatic carbocycles. The smallest absolute Gasteiger partial charge is 0.0645 e. The maximum atomic E-state index is 5.22. The number of rotatable bonds is 3. The molecule has 0 N–H and O–H groups in total. The van der Waals surface area contributed by atoms with Gasteiger partial charge < -0.3 is 4.74 Å². The van der Waals surface area contributed by atoms with Gasteiger partial charge in [0, 0.05) is 36.9 Å². The first kappa shape index (κ1) is 10.3. The summed E-state index contributed by atoms with van der Waals surface area (Å²) in [6, 6.07) is 3.32. The Labute approximate surface area is 96.2 Å². The third-order valence-electron chi connectivity index (χ3n) is 3.65. The van der Waals surface area contributed by atoms with Crippen molar-refractivity contribution in [1.29, 1.82) is 0 Å². The van der Waals surface area contributed by atoms with Crippen LogP contribution < -0.4 is 0 Å². The SMILES string of the molecule is CC(C)n1nccc1C1CN(C2COC2)C1. The maximum absolute atomic E-state index is 5.22. The molecule has 0 aromatic carbocycles. The van der Waals surface area contributed by atoms with E-state index in [0.29, 0.717) is 18.0 Å². The van der Waals surface area contributed by atoms with Crippen LogP contribution in [0.15, 0.2) is 12.3 Å². The van der Waals surface area contributed by atoms with Crippen LogP contribution in [0.5, 0.6) is 0 Å². The van der Waals surface area contributed by atoms with Crippen LogP contribution in [0.4, 0.5) is 0 Å². The Morgan fingerprint density at radius 3 is 2.69 bits per heavy atom. The summed E-state index contributed by atoms with van der Waals surface area (Å²) in [7, 11) is 0. The molecule has 1 aromatic rings. The summed E-state index contributed by atoms with van der Waals surface area (Å²) in [4.78, 5) is 2.52. The first-order valence-electron chi connectivity index (χ1n) is 6.11. The normalized spacial score (nSPS) is 23.4. The van der Waals surface area contributed by atoms with Crippen molar-refractivity contribution in [3.05, 3.63) is 18.0 Å². The van der Waals surface area contributed by atoms with Crippen molar-refractivity contribution >= 4 is 0 Å². The summed E-state index contributed by atoms with van der Waals surface area (Å²) in [6.45, 7) is 8.57. The van der Waals surface area contributed by atoms with Crippen molar-refractivity contribution in [3.63, 3.8) is 0 Å². The van der Waals surface area contributed by atoms with Gasteiger partial charge in [0.05, 0.1) is 19.3 Å². The predicted octanol–water partition coefficient (Wildman–Crippen LogP) is 1.26. The Kier molecular flexibility index (Phi) is 2.48. The number of ether oxygens (including phenoxy) is 1. The molecule has 0 amide bonds. The van der Waals surface area contributed by atoms with Gasteiger partial charge in [-0.3, -0.25) is 9.58 Å². The first-order valence-corrected chi connectivity index (χ1v) is 6.11. The van der Waals surface area contributed by atoms with Crippen LogP contribution >= 0.6 is 0 Å². The minimum absolute atomic E-state index is 0.464. The molecule has 16 heavy (non-hydrogen) atoms. The van der Waals surface area contributed by atoms with E-state index >= 15 is 0 Å². The Balaban J connectivity index is 1.64. The summed E-state index contributed by atoms with van der Waals surface area (Å²) >= 11 is 0. The average Bonchev–Trinajstić information content (AvgIpc) is 2.54. The highest BCUT2D eigenvalue weighted by Crippen LogP contribution is 2.31. The van der Waals surface area contributed by atoms with Crippen LogP contribution in [0.25, 0.3) is 0 Å². The number of likely N-dealkylation sites (tertiary alicyclic amines) is 1. The largest absolute Gasteiger partial charge is 0.378 e. The highest BCUT2D eigenvalue weighted by atomic mass is 16.5. The van der Waals surface area contributed by atoms with Gasteiger partial charge in [-0.2, -0.15) is 5.10 Å². The zero-order chi connectivity index (χ0) is 11.1. The van der Waals surface area contributed by atoms with E-state index in [2.05, 4.69) is 34.6 Å². The van der Waals surface area contributed by atoms with Gasteiger partial charge in [0.25, 0.3) is 0 Å². The zero-order valence-electron chi connectivity index (χ0n) is 9.97. The molecular weight excluding hydrogens is 202 g/mol. The van der Waals surface area contributed by atoms with Crippen LogP contribution in [0.1, 0.15) is 31.5 Å². The number of aromatic nitrogens is 2. The van der Waals surface area contributed by atoms with Gasteiger partial charge in [0.1, 0.15) is 0 Å². The molecule has 0 atom stereocenters. The predicted molar refractivity (Wildman–Crippen MR) is 61.5 cm³/mol. The van der Waals surface area contributed by atoms with E-state index in [-0.39, 0.29) is 0 Å². The maximum Gasteiger partial charge on any atom is 0.0645 e. The molecular formula is C12H19N3O. The third-order valence-corrected chi connectivity index (χ3v) is 3.65. The fourth-order valence-corrected chi connectivity index (χ4v) is 2.51. The lowest BCUT2D eigenvalue weighted by Crippen LogP contribution is -2.58. The van der Waals surface area contributed by atoms with Gasteiger partial charge in [-0.15, -0.1) is 0 Å². The van der Waals surface area contributed by atoms with Gasteiger partial charge >= 0.3 is 0 Å². The Morgan fingerprint density at radius 2 is 2.12 bits per heavy atom. The Hall–Kier alpha value is -0.870. The van der Waals surface area contributed by atoms with E-state index in [1.54, 1.807) is 0 Å². The second kappa shape index (κ2) is 3.86. The standard InChI is InChI=1S/C12H19N3O/c1-9(2)15-12(3-4-13-15)10-5-14(6-10)11-7-16-8-11/h3-4,9-11H,5-8H2,1-2H3. The van der Waals surface area contributed by atoms with Crippen LogP contribution in [0.2, 0.25) is 0 Å². The quantitative estimate of drug-likeness (QED) is 0.770. The lowest BCUT2D eigenvalue weighted by Gasteiger charge is -2.47. The zero-order valence-corrected chi connectivity index (χ0v) is 9.97. The van der Waals surface area contributed by atoms with E-state index in [0.717, 1.165) is 13.2 Å². The minimum Gasteiger partial charge on any atom is -0.378 e. The summed E-state index contributed by atoms with van der Waals surface area (Å²) in [5.74, 6) is 0.672. The van der Waals surface area contributed by atoms with Crippen LogP contribution in [0, 0.1) is 0 Å². The molecule has 0 bridgehead atoms. The topological polar surface area (TPSA) is 30.3 Å². The van der Waals surface area contributed by atoms with Gasteiger partial charge in [0.2, 0.25) is 0 Å². The van der Waals surface area contributed by atoms with Crippen molar-refractivity contribution < 1.29 is 4.74 Å². The van der Waals surface area contributed by atoms with Gasteiger partial charge in [-0.05, 0) is 19.9 Å². The van der Waals surface area contributed by atoms with E-state index in [1.165, 1.54) is 18.8 Å². The second-order valence-electron chi connectivity index (χ2n) is 5.14. The van der Waals surface area contributed by atoms with E-state index in [1.807, 2.05) is 6.20 Å². The van der Waals surface area contributed by atoms with Gasteiger partial charge in [-0.1, -0.05) is 0 Å². The summed E-state index contributed by atoms with van der Waals surface area (Å²) < 4.78 is 7.37. The lowest BCUT2D eigenvalue weighted by atomic mass is 9.93. The van der Waals surface area contributed by atoms with Crippen molar-refractivity contribution in [2.75, 3.05) is 26.3 Å². The molecule has 0 radical (unpaired) electrons. The second-order valence-corrected chi connectivity index (χ2v) is 5.14. The fraction of sp³-hybridized carbons (Fsp3) is 0.750. The molecule has 3 rings (SSSR count). The highest BCUT2D eigenvalue weighted by Gasteiger charge is 2.37. The Bertz CT molecular complexity index is 364. The molecule has 88 valence electrons. The molecule has 4 nitrogen and oxygen atoms in total. The van der Waals surface area contributed by atoms with E-state index < -0.39 is 0 Å². The minimum atomic E-state index is 0.464. The van der Waals surface area contributed by atoms with Crippen molar-refractivity contribution in [1.82, 2.24) is 14.7 Å². The monoisotopic (exact) mass is 221 g/mol. The molecule has 2 aliphatic rings. The van der Waals surface area contributed by atoms with Gasteiger partial charge in [-0.25, -0.2) is 0 Å². The van der Waals surface area contributed by atoms with Crippen LogP contribution in [-0.4, -0.2) is 47.0 Å². The molecule has 2 saturated heterocycles.